The lowest BCUT2D eigenvalue weighted by atomic mass is 10.2. The average molecular weight is 235 g/mol. The number of alkyl halides is 1. The Morgan fingerprint density at radius 2 is 2.42 bits per heavy atom. The first kappa shape index (κ1) is 10.0. The molecule has 0 aromatic heterocycles. The standard InChI is InChI=1S/C9H15BrO2/c1-2-12-9(11)8-6-7(8)4-3-5-10/h7-8H,2-6H2,1H3/t7-,8-/m0/s1. The molecule has 1 fully saturated rings. The Bertz CT molecular complexity index is 159. The fourth-order valence-corrected chi connectivity index (χ4v) is 1.77. The van der Waals surface area contributed by atoms with Crippen molar-refractivity contribution in [2.24, 2.45) is 11.8 Å². The lowest BCUT2D eigenvalue weighted by Crippen LogP contribution is -2.07. The fraction of sp³-hybridized carbons (Fsp3) is 0.889. The summed E-state index contributed by atoms with van der Waals surface area (Å²) in [5.41, 5.74) is 0. The minimum absolute atomic E-state index is 0.0112. The normalized spacial score (nSPS) is 26.8. The zero-order valence-electron chi connectivity index (χ0n) is 7.38. The largest absolute Gasteiger partial charge is 0.466 e. The van der Waals surface area contributed by atoms with E-state index in [2.05, 4.69) is 15.9 Å². The molecule has 2 nitrogen and oxygen atoms in total. The van der Waals surface area contributed by atoms with Gasteiger partial charge in [-0.2, -0.15) is 0 Å². The maximum absolute atomic E-state index is 11.1. The highest BCUT2D eigenvalue weighted by molar-refractivity contribution is 9.09. The third-order valence-corrected chi connectivity index (χ3v) is 2.78. The molecule has 0 aliphatic heterocycles. The second-order valence-corrected chi connectivity index (χ2v) is 3.98. The summed E-state index contributed by atoms with van der Waals surface area (Å²) in [6, 6.07) is 0. The van der Waals surface area contributed by atoms with Crippen LogP contribution in [-0.4, -0.2) is 17.9 Å². The van der Waals surface area contributed by atoms with Crippen molar-refractivity contribution >= 4 is 21.9 Å². The number of hydrogen-bond donors (Lipinski definition) is 0. The molecule has 1 aliphatic carbocycles. The molecule has 1 aliphatic rings. The van der Waals surface area contributed by atoms with Crippen LogP contribution in [0.25, 0.3) is 0 Å². The minimum atomic E-state index is 0.0112. The van der Waals surface area contributed by atoms with Crippen molar-refractivity contribution in [3.63, 3.8) is 0 Å². The Kier molecular flexibility index (Phi) is 4.06. The molecule has 0 N–H and O–H groups in total. The number of carbonyl (C=O) groups excluding carboxylic acids is 1. The van der Waals surface area contributed by atoms with E-state index in [1.54, 1.807) is 0 Å². The molecule has 0 unspecified atom stereocenters. The van der Waals surface area contributed by atoms with Crippen LogP contribution < -0.4 is 0 Å². The van der Waals surface area contributed by atoms with Gasteiger partial charge in [-0.05, 0) is 32.1 Å². The maximum Gasteiger partial charge on any atom is 0.309 e. The van der Waals surface area contributed by atoms with Crippen molar-refractivity contribution in [1.29, 1.82) is 0 Å². The molecule has 0 bridgehead atoms. The zero-order valence-corrected chi connectivity index (χ0v) is 8.97. The van der Waals surface area contributed by atoms with Crippen LogP contribution in [0.2, 0.25) is 0 Å². The second-order valence-electron chi connectivity index (χ2n) is 3.19. The quantitative estimate of drug-likeness (QED) is 0.540. The van der Waals surface area contributed by atoms with E-state index in [1.807, 2.05) is 6.92 Å². The summed E-state index contributed by atoms with van der Waals surface area (Å²) in [6.45, 7) is 2.37. The van der Waals surface area contributed by atoms with Gasteiger partial charge < -0.3 is 4.74 Å². The van der Waals surface area contributed by atoms with Crippen LogP contribution in [0.1, 0.15) is 26.2 Å². The number of esters is 1. The highest BCUT2D eigenvalue weighted by Gasteiger charge is 2.43. The average Bonchev–Trinajstić information content (AvgIpc) is 2.80. The molecule has 12 heavy (non-hydrogen) atoms. The third kappa shape index (κ3) is 2.77. The third-order valence-electron chi connectivity index (χ3n) is 2.22. The maximum atomic E-state index is 11.1. The predicted octanol–water partition coefficient (Wildman–Crippen LogP) is 2.36. The molecule has 0 aromatic carbocycles. The number of rotatable bonds is 5. The molecule has 70 valence electrons. The number of hydrogen-bond acceptors (Lipinski definition) is 2. The summed E-state index contributed by atoms with van der Waals surface area (Å²) in [4.78, 5) is 11.1. The van der Waals surface area contributed by atoms with Crippen molar-refractivity contribution in [3.05, 3.63) is 0 Å². The molecule has 0 aromatic rings. The van der Waals surface area contributed by atoms with Crippen molar-refractivity contribution in [2.75, 3.05) is 11.9 Å². The van der Waals surface area contributed by atoms with Gasteiger partial charge >= 0.3 is 5.97 Å². The Hall–Kier alpha value is -0.0500. The van der Waals surface area contributed by atoms with Crippen LogP contribution in [0.15, 0.2) is 0 Å². The topological polar surface area (TPSA) is 26.3 Å². The molecule has 2 atom stereocenters. The number of halogens is 1. The van der Waals surface area contributed by atoms with E-state index in [-0.39, 0.29) is 11.9 Å². The fourth-order valence-electron chi connectivity index (χ4n) is 1.44. The van der Waals surface area contributed by atoms with Crippen LogP contribution in [0, 0.1) is 11.8 Å². The van der Waals surface area contributed by atoms with Crippen molar-refractivity contribution < 1.29 is 9.53 Å². The second kappa shape index (κ2) is 4.85. The highest BCUT2D eigenvalue weighted by atomic mass is 79.9. The van der Waals surface area contributed by atoms with E-state index >= 15 is 0 Å². The lowest BCUT2D eigenvalue weighted by molar-refractivity contribution is -0.145. The SMILES string of the molecule is CCOC(=O)[C@H]1C[C@@H]1CCCBr. The van der Waals surface area contributed by atoms with Crippen LogP contribution >= 0.6 is 15.9 Å². The van der Waals surface area contributed by atoms with Gasteiger partial charge in [0.25, 0.3) is 0 Å². The van der Waals surface area contributed by atoms with Crippen molar-refractivity contribution in [2.45, 2.75) is 26.2 Å². The van der Waals surface area contributed by atoms with E-state index in [0.29, 0.717) is 12.5 Å². The van der Waals surface area contributed by atoms with Gasteiger partial charge in [0.2, 0.25) is 0 Å². The van der Waals surface area contributed by atoms with Gasteiger partial charge in [-0.25, -0.2) is 0 Å². The van der Waals surface area contributed by atoms with Gasteiger partial charge in [0.05, 0.1) is 12.5 Å². The summed E-state index contributed by atoms with van der Waals surface area (Å²) < 4.78 is 4.93. The summed E-state index contributed by atoms with van der Waals surface area (Å²) >= 11 is 3.38. The van der Waals surface area contributed by atoms with E-state index in [9.17, 15) is 4.79 Å². The Labute approximate surface area is 81.8 Å². The van der Waals surface area contributed by atoms with E-state index in [0.717, 1.165) is 18.2 Å². The van der Waals surface area contributed by atoms with Crippen LogP contribution in [0.5, 0.6) is 0 Å². The van der Waals surface area contributed by atoms with E-state index in [1.165, 1.54) is 6.42 Å². The molecular formula is C9H15BrO2. The molecule has 0 heterocycles. The first-order valence-electron chi connectivity index (χ1n) is 4.52. The summed E-state index contributed by atoms with van der Waals surface area (Å²) in [5.74, 6) is 0.850. The number of ether oxygens (including phenoxy) is 1. The Balaban J connectivity index is 2.10. The van der Waals surface area contributed by atoms with Crippen LogP contribution in [0.4, 0.5) is 0 Å². The lowest BCUT2D eigenvalue weighted by Gasteiger charge is -1.99. The predicted molar refractivity (Wildman–Crippen MR) is 51.3 cm³/mol. The monoisotopic (exact) mass is 234 g/mol. The summed E-state index contributed by atoms with van der Waals surface area (Å²) in [7, 11) is 0. The van der Waals surface area contributed by atoms with Crippen LogP contribution in [-0.2, 0) is 9.53 Å². The summed E-state index contributed by atoms with van der Waals surface area (Å²) in [6.07, 6.45) is 3.38. The Morgan fingerprint density at radius 1 is 1.67 bits per heavy atom. The van der Waals surface area contributed by atoms with Crippen LogP contribution in [0.3, 0.4) is 0 Å². The molecule has 3 heteroatoms. The van der Waals surface area contributed by atoms with Gasteiger partial charge in [0.15, 0.2) is 0 Å². The van der Waals surface area contributed by atoms with Crippen molar-refractivity contribution in [1.82, 2.24) is 0 Å². The first-order valence-corrected chi connectivity index (χ1v) is 5.64. The van der Waals surface area contributed by atoms with Crippen molar-refractivity contribution in [3.8, 4) is 0 Å². The summed E-state index contributed by atoms with van der Waals surface area (Å²) in [5, 5.41) is 1.04. The smallest absolute Gasteiger partial charge is 0.309 e. The molecule has 0 amide bonds. The van der Waals surface area contributed by atoms with Gasteiger partial charge in [-0.1, -0.05) is 15.9 Å². The highest BCUT2D eigenvalue weighted by Crippen LogP contribution is 2.42. The zero-order chi connectivity index (χ0) is 8.97. The molecule has 1 saturated carbocycles. The van der Waals surface area contributed by atoms with Gasteiger partial charge in [0.1, 0.15) is 0 Å². The van der Waals surface area contributed by atoms with Gasteiger partial charge in [-0.15, -0.1) is 0 Å². The minimum Gasteiger partial charge on any atom is -0.466 e. The molecule has 0 saturated heterocycles. The molecular weight excluding hydrogens is 220 g/mol. The first-order chi connectivity index (χ1) is 5.79. The van der Waals surface area contributed by atoms with E-state index in [4.69, 9.17) is 4.74 Å². The molecule has 0 radical (unpaired) electrons. The molecule has 0 spiro atoms. The Morgan fingerprint density at radius 3 is 3.00 bits per heavy atom. The van der Waals surface area contributed by atoms with Gasteiger partial charge in [0, 0.05) is 5.33 Å². The van der Waals surface area contributed by atoms with Gasteiger partial charge in [-0.3, -0.25) is 4.79 Å². The number of carbonyl (C=O) groups is 1. The van der Waals surface area contributed by atoms with E-state index < -0.39 is 0 Å². The molecule has 1 rings (SSSR count).